The van der Waals surface area contributed by atoms with Crippen molar-refractivity contribution in [3.8, 4) is 0 Å². The van der Waals surface area contributed by atoms with Gasteiger partial charge in [0, 0.05) is 11.8 Å². The van der Waals surface area contributed by atoms with Crippen LogP contribution in [0, 0.1) is 0 Å². The summed E-state index contributed by atoms with van der Waals surface area (Å²) >= 11 is 1.72. The predicted octanol–water partition coefficient (Wildman–Crippen LogP) is 1.57. The molecule has 0 aliphatic carbocycles. The smallest absolute Gasteiger partial charge is 0.360 e. The number of thioether (sulfide) groups is 1. The third kappa shape index (κ3) is 2.69. The first-order chi connectivity index (χ1) is 7.61. The van der Waals surface area contributed by atoms with E-state index in [0.29, 0.717) is 12.4 Å². The number of nitrogen functional groups attached to an aromatic ring is 1. The van der Waals surface area contributed by atoms with Crippen molar-refractivity contribution in [3.63, 3.8) is 0 Å². The first-order valence-electron chi connectivity index (χ1n) is 5.10. The van der Waals surface area contributed by atoms with Crippen LogP contribution >= 0.6 is 11.8 Å². The number of ether oxygens (including phenoxy) is 1. The van der Waals surface area contributed by atoms with Gasteiger partial charge in [-0.1, -0.05) is 0 Å². The van der Waals surface area contributed by atoms with Gasteiger partial charge in [0.25, 0.3) is 0 Å². The second kappa shape index (κ2) is 5.79. The number of esters is 1. The summed E-state index contributed by atoms with van der Waals surface area (Å²) in [5.74, 6) is 0.832. The van der Waals surface area contributed by atoms with Crippen molar-refractivity contribution in [1.82, 2.24) is 9.55 Å². The van der Waals surface area contributed by atoms with Crippen LogP contribution in [0.3, 0.4) is 0 Å². The fraction of sp³-hybridized carbons (Fsp3) is 0.600. The summed E-state index contributed by atoms with van der Waals surface area (Å²) in [6.45, 7) is 4.11. The van der Waals surface area contributed by atoms with Crippen LogP contribution in [0.2, 0.25) is 0 Å². The Kier molecular flexibility index (Phi) is 4.67. The molecule has 0 aliphatic rings. The number of rotatable bonds is 5. The number of carbonyl (C=O) groups excluding carboxylic acids is 1. The third-order valence-corrected chi connectivity index (χ3v) is 3.00. The van der Waals surface area contributed by atoms with Crippen LogP contribution in [0.1, 0.15) is 30.4 Å². The molecule has 0 fully saturated rings. The molecule has 1 unspecified atom stereocenters. The van der Waals surface area contributed by atoms with Crippen molar-refractivity contribution >= 4 is 23.5 Å². The summed E-state index contributed by atoms with van der Waals surface area (Å²) in [6.07, 6.45) is 3.61. The van der Waals surface area contributed by atoms with Crippen molar-refractivity contribution in [2.75, 3.05) is 24.3 Å². The van der Waals surface area contributed by atoms with Gasteiger partial charge in [0.2, 0.25) is 0 Å². The van der Waals surface area contributed by atoms with E-state index in [0.717, 1.165) is 5.75 Å². The van der Waals surface area contributed by atoms with E-state index in [9.17, 15) is 4.79 Å². The number of imidazole rings is 1. The Balaban J connectivity index is 2.87. The van der Waals surface area contributed by atoms with E-state index < -0.39 is 5.97 Å². The maximum atomic E-state index is 11.5. The molecule has 0 saturated heterocycles. The van der Waals surface area contributed by atoms with E-state index >= 15 is 0 Å². The van der Waals surface area contributed by atoms with Crippen LogP contribution in [0.5, 0.6) is 0 Å². The van der Waals surface area contributed by atoms with Crippen LogP contribution in [-0.4, -0.2) is 34.1 Å². The lowest BCUT2D eigenvalue weighted by Crippen LogP contribution is -2.13. The summed E-state index contributed by atoms with van der Waals surface area (Å²) in [5.41, 5.74) is 6.06. The molecule has 1 aromatic rings. The summed E-state index contributed by atoms with van der Waals surface area (Å²) < 4.78 is 6.66. The summed E-state index contributed by atoms with van der Waals surface area (Å²) in [6, 6.07) is 0.214. The topological polar surface area (TPSA) is 70.1 Å². The Bertz CT molecular complexity index is 365. The van der Waals surface area contributed by atoms with E-state index in [1.54, 1.807) is 29.6 Å². The minimum absolute atomic E-state index is 0.204. The molecule has 1 rings (SSSR count). The lowest BCUT2D eigenvalue weighted by molar-refractivity contribution is 0.0521. The molecule has 0 aromatic carbocycles. The third-order valence-electron chi connectivity index (χ3n) is 2.18. The number of nitrogens with zero attached hydrogens (tertiary/aromatic N) is 2. The summed E-state index contributed by atoms with van der Waals surface area (Å²) in [5, 5.41) is 0. The largest absolute Gasteiger partial charge is 0.461 e. The lowest BCUT2D eigenvalue weighted by Gasteiger charge is -2.13. The Morgan fingerprint density at radius 2 is 2.44 bits per heavy atom. The Morgan fingerprint density at radius 1 is 1.75 bits per heavy atom. The molecule has 6 heteroatoms. The van der Waals surface area contributed by atoms with Gasteiger partial charge in [-0.3, -0.25) is 0 Å². The highest BCUT2D eigenvalue weighted by atomic mass is 32.2. The number of nitrogens with two attached hydrogens (primary N) is 1. The van der Waals surface area contributed by atoms with Gasteiger partial charge in [-0.15, -0.1) is 0 Å². The van der Waals surface area contributed by atoms with E-state index in [2.05, 4.69) is 4.98 Å². The predicted molar refractivity (Wildman–Crippen MR) is 65.7 cm³/mol. The number of anilines is 1. The van der Waals surface area contributed by atoms with Gasteiger partial charge in [-0.05, 0) is 20.1 Å². The number of hydrogen-bond acceptors (Lipinski definition) is 5. The maximum Gasteiger partial charge on any atom is 0.360 e. The van der Waals surface area contributed by atoms with Gasteiger partial charge in [-0.2, -0.15) is 11.8 Å². The standard InChI is InChI=1S/C10H17N3O2S/c1-4-15-10(14)8-9(11)13(6-12-8)7(2)5-16-3/h6-7H,4-5,11H2,1-3H3. The molecule has 5 nitrogen and oxygen atoms in total. The van der Waals surface area contributed by atoms with E-state index in [1.807, 2.05) is 13.2 Å². The normalized spacial score (nSPS) is 12.4. The minimum atomic E-state index is -0.463. The minimum Gasteiger partial charge on any atom is -0.461 e. The lowest BCUT2D eigenvalue weighted by atomic mass is 10.3. The molecule has 0 spiro atoms. The van der Waals surface area contributed by atoms with Crippen molar-refractivity contribution in [2.45, 2.75) is 19.9 Å². The average molecular weight is 243 g/mol. The molecule has 2 N–H and O–H groups in total. The average Bonchev–Trinajstić information content (AvgIpc) is 2.61. The first-order valence-corrected chi connectivity index (χ1v) is 6.49. The number of hydrogen-bond donors (Lipinski definition) is 1. The molecular weight excluding hydrogens is 226 g/mol. The van der Waals surface area contributed by atoms with Crippen molar-refractivity contribution in [1.29, 1.82) is 0 Å². The molecule has 0 amide bonds. The van der Waals surface area contributed by atoms with E-state index in [-0.39, 0.29) is 11.7 Å². The molecule has 0 bridgehead atoms. The van der Waals surface area contributed by atoms with Gasteiger partial charge in [0.15, 0.2) is 5.69 Å². The Labute approximate surface area is 99.4 Å². The molecule has 0 aliphatic heterocycles. The molecule has 0 saturated carbocycles. The summed E-state index contributed by atoms with van der Waals surface area (Å²) in [7, 11) is 0. The zero-order chi connectivity index (χ0) is 12.1. The van der Waals surface area contributed by atoms with Crippen molar-refractivity contribution < 1.29 is 9.53 Å². The zero-order valence-corrected chi connectivity index (χ0v) is 10.6. The Hall–Kier alpha value is -1.17. The Morgan fingerprint density at radius 3 is 3.00 bits per heavy atom. The molecule has 16 heavy (non-hydrogen) atoms. The summed E-state index contributed by atoms with van der Waals surface area (Å²) in [4.78, 5) is 15.5. The van der Waals surface area contributed by atoms with Gasteiger partial charge in [-0.25, -0.2) is 9.78 Å². The zero-order valence-electron chi connectivity index (χ0n) is 9.77. The molecular formula is C10H17N3O2S. The number of aromatic nitrogens is 2. The molecule has 90 valence electrons. The van der Waals surface area contributed by atoms with Gasteiger partial charge in [0.05, 0.1) is 12.9 Å². The van der Waals surface area contributed by atoms with E-state index in [4.69, 9.17) is 10.5 Å². The van der Waals surface area contributed by atoms with Gasteiger partial charge >= 0.3 is 5.97 Å². The van der Waals surface area contributed by atoms with Crippen LogP contribution in [-0.2, 0) is 4.74 Å². The molecule has 0 radical (unpaired) electrons. The van der Waals surface area contributed by atoms with Gasteiger partial charge < -0.3 is 15.0 Å². The highest BCUT2D eigenvalue weighted by molar-refractivity contribution is 7.98. The first kappa shape index (κ1) is 12.9. The van der Waals surface area contributed by atoms with E-state index in [1.165, 1.54) is 0 Å². The fourth-order valence-corrected chi connectivity index (χ4v) is 2.04. The molecule has 1 heterocycles. The second-order valence-electron chi connectivity index (χ2n) is 3.41. The van der Waals surface area contributed by atoms with Crippen LogP contribution < -0.4 is 5.73 Å². The SMILES string of the molecule is CCOC(=O)c1ncn(C(C)CSC)c1N. The molecule has 1 atom stereocenters. The van der Waals surface area contributed by atoms with Crippen molar-refractivity contribution in [2.24, 2.45) is 0 Å². The quantitative estimate of drug-likeness (QED) is 0.795. The highest BCUT2D eigenvalue weighted by Gasteiger charge is 2.18. The van der Waals surface area contributed by atoms with Crippen LogP contribution in [0.4, 0.5) is 5.82 Å². The van der Waals surface area contributed by atoms with Crippen molar-refractivity contribution in [3.05, 3.63) is 12.0 Å². The monoisotopic (exact) mass is 243 g/mol. The highest BCUT2D eigenvalue weighted by Crippen LogP contribution is 2.19. The van der Waals surface area contributed by atoms with Gasteiger partial charge in [0.1, 0.15) is 5.82 Å². The second-order valence-corrected chi connectivity index (χ2v) is 4.32. The number of carbonyl (C=O) groups is 1. The maximum absolute atomic E-state index is 11.5. The van der Waals surface area contributed by atoms with Crippen LogP contribution in [0.25, 0.3) is 0 Å². The fourth-order valence-electron chi connectivity index (χ4n) is 1.40. The van der Waals surface area contributed by atoms with Crippen LogP contribution in [0.15, 0.2) is 6.33 Å². The molecule has 1 aromatic heterocycles.